The first-order valence-corrected chi connectivity index (χ1v) is 12.8. The minimum Gasteiger partial charge on any atom is -0.493 e. The number of H-pyrrole nitrogens is 1. The normalized spacial score (nSPS) is 16.7. The largest absolute Gasteiger partial charge is 0.493 e. The lowest BCUT2D eigenvalue weighted by Crippen LogP contribution is -2.51. The second-order valence-electron chi connectivity index (χ2n) is 9.81. The molecule has 0 radical (unpaired) electrons. The van der Waals surface area contributed by atoms with Crippen molar-refractivity contribution in [3.05, 3.63) is 81.6 Å². The van der Waals surface area contributed by atoms with E-state index in [0.29, 0.717) is 46.3 Å². The molecule has 4 aromatic rings. The Kier molecular flexibility index (Phi) is 7.34. The van der Waals surface area contributed by atoms with Gasteiger partial charge in [-0.2, -0.15) is 0 Å². The molecule has 0 spiro atoms. The monoisotopic (exact) mass is 530 g/mol. The molecule has 9 heteroatoms. The summed E-state index contributed by atoms with van der Waals surface area (Å²) in [5, 5.41) is 0.437. The summed E-state index contributed by atoms with van der Waals surface area (Å²) in [5.74, 6) is 2.86. The Bertz CT molecular complexity index is 1550. The van der Waals surface area contributed by atoms with Crippen molar-refractivity contribution in [1.82, 2.24) is 14.9 Å². The van der Waals surface area contributed by atoms with E-state index in [1.54, 1.807) is 40.6 Å². The number of methoxy groups -OCH3 is 4. The Balaban J connectivity index is 1.67. The van der Waals surface area contributed by atoms with Crippen LogP contribution in [0.2, 0.25) is 0 Å². The average molecular weight is 531 g/mol. The van der Waals surface area contributed by atoms with Gasteiger partial charge in [0.05, 0.1) is 39.3 Å². The number of rotatable bonds is 8. The van der Waals surface area contributed by atoms with Gasteiger partial charge in [0.1, 0.15) is 6.17 Å². The van der Waals surface area contributed by atoms with Crippen molar-refractivity contribution in [3.8, 4) is 23.0 Å². The van der Waals surface area contributed by atoms with Crippen LogP contribution >= 0.6 is 0 Å². The lowest BCUT2D eigenvalue weighted by atomic mass is 9.88. The third kappa shape index (κ3) is 4.85. The highest BCUT2D eigenvalue weighted by Gasteiger charge is 2.37. The van der Waals surface area contributed by atoms with Crippen molar-refractivity contribution >= 4 is 16.9 Å². The summed E-state index contributed by atoms with van der Waals surface area (Å²) in [6.07, 6.45) is 1.33. The zero-order valence-electron chi connectivity index (χ0n) is 23.1. The van der Waals surface area contributed by atoms with Crippen molar-refractivity contribution in [3.63, 3.8) is 0 Å². The molecule has 39 heavy (non-hydrogen) atoms. The molecule has 0 saturated carbocycles. The molecular weight excluding hydrogens is 496 g/mol. The van der Waals surface area contributed by atoms with E-state index < -0.39 is 0 Å². The SMILES string of the molecule is COc1ccc(CC2Cc3ccccc3C(N(C)C)N2c2nc3cc(OC)c(OC)cc3c(=O)[nH]2)cc1OC. The first-order valence-electron chi connectivity index (χ1n) is 12.8. The molecule has 1 aromatic heterocycles. The average Bonchev–Trinajstić information content (AvgIpc) is 2.95. The lowest BCUT2D eigenvalue weighted by molar-refractivity contribution is 0.252. The van der Waals surface area contributed by atoms with Crippen molar-refractivity contribution < 1.29 is 18.9 Å². The van der Waals surface area contributed by atoms with Gasteiger partial charge >= 0.3 is 0 Å². The third-order valence-corrected chi connectivity index (χ3v) is 7.30. The van der Waals surface area contributed by atoms with Gasteiger partial charge < -0.3 is 23.8 Å². The molecule has 2 atom stereocenters. The Morgan fingerprint density at radius 1 is 0.897 bits per heavy atom. The van der Waals surface area contributed by atoms with E-state index in [2.05, 4.69) is 45.1 Å². The van der Waals surface area contributed by atoms with Crippen LogP contribution in [-0.4, -0.2) is 63.4 Å². The quantitative estimate of drug-likeness (QED) is 0.363. The Morgan fingerprint density at radius 3 is 2.26 bits per heavy atom. The molecule has 2 unspecified atom stereocenters. The smallest absolute Gasteiger partial charge is 0.260 e. The van der Waals surface area contributed by atoms with E-state index in [1.165, 1.54) is 11.1 Å². The zero-order valence-corrected chi connectivity index (χ0v) is 23.1. The van der Waals surface area contributed by atoms with Gasteiger partial charge in [-0.25, -0.2) is 4.98 Å². The maximum absolute atomic E-state index is 13.4. The van der Waals surface area contributed by atoms with Gasteiger partial charge in [0.25, 0.3) is 5.56 Å². The number of aromatic amines is 1. The number of hydrogen-bond donors (Lipinski definition) is 1. The van der Waals surface area contributed by atoms with Crippen LogP contribution in [0.1, 0.15) is 22.9 Å². The maximum atomic E-state index is 13.4. The molecule has 0 amide bonds. The minimum absolute atomic E-state index is 0.00820. The van der Waals surface area contributed by atoms with E-state index in [-0.39, 0.29) is 17.8 Å². The Morgan fingerprint density at radius 2 is 1.56 bits per heavy atom. The minimum atomic E-state index is -0.239. The lowest BCUT2D eigenvalue weighted by Gasteiger charge is -2.46. The van der Waals surface area contributed by atoms with Crippen LogP contribution in [-0.2, 0) is 12.8 Å². The molecule has 1 N–H and O–H groups in total. The van der Waals surface area contributed by atoms with Crippen molar-refractivity contribution in [2.45, 2.75) is 25.0 Å². The van der Waals surface area contributed by atoms with E-state index in [4.69, 9.17) is 23.9 Å². The summed E-state index contributed by atoms with van der Waals surface area (Å²) in [5.41, 5.74) is 3.84. The van der Waals surface area contributed by atoms with Gasteiger partial charge in [-0.15, -0.1) is 0 Å². The number of benzene rings is 3. The molecule has 2 heterocycles. The van der Waals surface area contributed by atoms with Gasteiger partial charge in [0, 0.05) is 12.1 Å². The molecule has 1 aliphatic rings. The van der Waals surface area contributed by atoms with Gasteiger partial charge in [0.2, 0.25) is 5.95 Å². The van der Waals surface area contributed by atoms with Crippen LogP contribution in [0.4, 0.5) is 5.95 Å². The van der Waals surface area contributed by atoms with Gasteiger partial charge in [-0.3, -0.25) is 14.7 Å². The molecule has 3 aromatic carbocycles. The molecule has 5 rings (SSSR count). The zero-order chi connectivity index (χ0) is 27.7. The van der Waals surface area contributed by atoms with E-state index in [1.807, 2.05) is 26.2 Å². The maximum Gasteiger partial charge on any atom is 0.260 e. The van der Waals surface area contributed by atoms with Gasteiger partial charge in [-0.05, 0) is 61.8 Å². The van der Waals surface area contributed by atoms with Crippen molar-refractivity contribution in [2.24, 2.45) is 0 Å². The van der Waals surface area contributed by atoms with Crippen LogP contribution < -0.4 is 29.4 Å². The van der Waals surface area contributed by atoms with Gasteiger partial charge in [0.15, 0.2) is 23.0 Å². The number of nitrogens with zero attached hydrogens (tertiary/aromatic N) is 3. The summed E-state index contributed by atoms with van der Waals surface area (Å²) in [6, 6.07) is 17.8. The predicted octanol–water partition coefficient (Wildman–Crippen LogP) is 4.19. The number of hydrogen-bond acceptors (Lipinski definition) is 8. The predicted molar refractivity (Wildman–Crippen MR) is 152 cm³/mol. The number of nitrogens with one attached hydrogen (secondary N) is 1. The third-order valence-electron chi connectivity index (χ3n) is 7.30. The van der Waals surface area contributed by atoms with Crippen LogP contribution in [0.25, 0.3) is 10.9 Å². The van der Waals surface area contributed by atoms with Crippen LogP contribution in [0, 0.1) is 0 Å². The van der Waals surface area contributed by atoms with E-state index in [9.17, 15) is 4.79 Å². The molecule has 0 aliphatic carbocycles. The van der Waals surface area contributed by atoms with E-state index in [0.717, 1.165) is 12.0 Å². The molecule has 1 aliphatic heterocycles. The highest BCUT2D eigenvalue weighted by Crippen LogP contribution is 2.39. The fraction of sp³-hybridized carbons (Fsp3) is 0.333. The fourth-order valence-electron chi connectivity index (χ4n) is 5.52. The summed E-state index contributed by atoms with van der Waals surface area (Å²) in [7, 11) is 10.5. The standard InChI is InChI=1S/C30H34N4O5/c1-33(2)29-21-10-8-7-9-19(21)15-20(13-18-11-12-24(36-3)25(14-18)37-4)34(29)30-31-23-17-27(39-6)26(38-5)16-22(23)28(35)32-30/h7-12,14,16-17,20,29H,13,15H2,1-6H3,(H,31,32,35). The summed E-state index contributed by atoms with van der Waals surface area (Å²) < 4.78 is 21.9. The second-order valence-corrected chi connectivity index (χ2v) is 9.81. The summed E-state index contributed by atoms with van der Waals surface area (Å²) in [4.78, 5) is 25.8. The Labute approximate surface area is 227 Å². The van der Waals surface area contributed by atoms with Crippen molar-refractivity contribution in [1.29, 1.82) is 0 Å². The number of fused-ring (bicyclic) bond motifs is 2. The molecular formula is C30H34N4O5. The number of anilines is 1. The fourth-order valence-corrected chi connectivity index (χ4v) is 5.52. The highest BCUT2D eigenvalue weighted by atomic mass is 16.5. The van der Waals surface area contributed by atoms with Gasteiger partial charge in [-0.1, -0.05) is 30.3 Å². The molecule has 204 valence electrons. The second kappa shape index (κ2) is 10.9. The molecule has 0 bridgehead atoms. The number of ether oxygens (including phenoxy) is 4. The highest BCUT2D eigenvalue weighted by molar-refractivity contribution is 5.83. The first-order chi connectivity index (χ1) is 18.9. The number of aromatic nitrogens is 2. The first kappa shape index (κ1) is 26.4. The topological polar surface area (TPSA) is 89.1 Å². The van der Waals surface area contributed by atoms with E-state index >= 15 is 0 Å². The van der Waals surface area contributed by atoms with Crippen LogP contribution in [0.5, 0.6) is 23.0 Å². The van der Waals surface area contributed by atoms with Crippen molar-refractivity contribution in [2.75, 3.05) is 47.4 Å². The molecule has 9 nitrogen and oxygen atoms in total. The molecule has 0 saturated heterocycles. The van der Waals surface area contributed by atoms with Crippen LogP contribution in [0.15, 0.2) is 59.4 Å². The summed E-state index contributed by atoms with van der Waals surface area (Å²) in [6.45, 7) is 0. The Hall–Kier alpha value is -4.24. The van der Waals surface area contributed by atoms with Crippen LogP contribution in [0.3, 0.4) is 0 Å². The summed E-state index contributed by atoms with van der Waals surface area (Å²) >= 11 is 0. The molecule has 0 fully saturated rings.